The van der Waals surface area contributed by atoms with E-state index in [9.17, 15) is 13.2 Å². The molecule has 1 heterocycles. The SMILES string of the molecule is COC(=O)c1ccc(CCS(C)(=O)=O)nc1. The second kappa shape index (κ2) is 5.07. The fourth-order valence-corrected chi connectivity index (χ4v) is 1.68. The second-order valence-corrected chi connectivity index (χ2v) is 5.67. The first-order valence-corrected chi connectivity index (χ1v) is 6.69. The van der Waals surface area contributed by atoms with Crippen molar-refractivity contribution in [1.82, 2.24) is 4.98 Å². The zero-order chi connectivity index (χ0) is 12.2. The van der Waals surface area contributed by atoms with Gasteiger partial charge in [0.2, 0.25) is 0 Å². The minimum absolute atomic E-state index is 0.0531. The lowest BCUT2D eigenvalue weighted by Gasteiger charge is -2.01. The maximum absolute atomic E-state index is 11.1. The van der Waals surface area contributed by atoms with Gasteiger partial charge in [0.05, 0.1) is 18.4 Å². The molecule has 1 aromatic heterocycles. The number of carbonyl (C=O) groups excluding carboxylic acids is 1. The van der Waals surface area contributed by atoms with Crippen LogP contribution in [0.3, 0.4) is 0 Å². The lowest BCUT2D eigenvalue weighted by Crippen LogP contribution is -2.08. The number of esters is 1. The fourth-order valence-electron chi connectivity index (χ4n) is 1.10. The number of carbonyl (C=O) groups is 1. The third-order valence-corrected chi connectivity index (χ3v) is 2.92. The highest BCUT2D eigenvalue weighted by Crippen LogP contribution is 2.03. The first-order valence-electron chi connectivity index (χ1n) is 4.63. The van der Waals surface area contributed by atoms with E-state index in [2.05, 4.69) is 9.72 Å². The lowest BCUT2D eigenvalue weighted by molar-refractivity contribution is 0.0600. The molecule has 0 bridgehead atoms. The zero-order valence-corrected chi connectivity index (χ0v) is 9.95. The van der Waals surface area contributed by atoms with Gasteiger partial charge < -0.3 is 4.74 Å². The van der Waals surface area contributed by atoms with Crippen LogP contribution in [0.25, 0.3) is 0 Å². The van der Waals surface area contributed by atoms with E-state index < -0.39 is 15.8 Å². The highest BCUT2D eigenvalue weighted by atomic mass is 32.2. The maximum atomic E-state index is 11.1. The van der Waals surface area contributed by atoms with Crippen molar-refractivity contribution in [3.8, 4) is 0 Å². The predicted octanol–water partition coefficient (Wildman–Crippen LogP) is 0.455. The summed E-state index contributed by atoms with van der Waals surface area (Å²) in [6, 6.07) is 3.19. The summed E-state index contributed by atoms with van der Waals surface area (Å²) in [6.45, 7) is 0. The molecule has 0 N–H and O–H groups in total. The van der Waals surface area contributed by atoms with E-state index >= 15 is 0 Å². The standard InChI is InChI=1S/C10H13NO4S/c1-15-10(12)8-3-4-9(11-7-8)5-6-16(2,13)14/h3-4,7H,5-6H2,1-2H3. The number of methoxy groups -OCH3 is 1. The molecule has 0 saturated carbocycles. The van der Waals surface area contributed by atoms with Crippen LogP contribution in [0.5, 0.6) is 0 Å². The Labute approximate surface area is 94.4 Å². The third kappa shape index (κ3) is 3.98. The van der Waals surface area contributed by atoms with E-state index in [1.165, 1.54) is 19.6 Å². The monoisotopic (exact) mass is 243 g/mol. The average molecular weight is 243 g/mol. The van der Waals surface area contributed by atoms with Gasteiger partial charge in [0.15, 0.2) is 0 Å². The van der Waals surface area contributed by atoms with Crippen molar-refractivity contribution in [1.29, 1.82) is 0 Å². The van der Waals surface area contributed by atoms with Gasteiger partial charge in [0, 0.05) is 24.6 Å². The van der Waals surface area contributed by atoms with Crippen LogP contribution in [0.4, 0.5) is 0 Å². The first kappa shape index (κ1) is 12.6. The molecule has 0 fully saturated rings. The van der Waals surface area contributed by atoms with Crippen LogP contribution in [0.1, 0.15) is 16.1 Å². The molecule has 0 saturated heterocycles. The van der Waals surface area contributed by atoms with Gasteiger partial charge in [0.1, 0.15) is 9.84 Å². The van der Waals surface area contributed by atoms with Gasteiger partial charge >= 0.3 is 5.97 Å². The quantitative estimate of drug-likeness (QED) is 0.718. The molecule has 1 aromatic rings. The van der Waals surface area contributed by atoms with E-state index in [-0.39, 0.29) is 5.75 Å². The summed E-state index contributed by atoms with van der Waals surface area (Å²) in [6.07, 6.45) is 2.90. The van der Waals surface area contributed by atoms with E-state index in [4.69, 9.17) is 0 Å². The normalized spacial score (nSPS) is 11.1. The van der Waals surface area contributed by atoms with Gasteiger partial charge in [-0.05, 0) is 12.1 Å². The van der Waals surface area contributed by atoms with E-state index in [0.717, 1.165) is 0 Å². The van der Waals surface area contributed by atoms with E-state index in [1.807, 2.05) is 0 Å². The smallest absolute Gasteiger partial charge is 0.339 e. The summed E-state index contributed by atoms with van der Waals surface area (Å²) < 4.78 is 26.4. The van der Waals surface area contributed by atoms with Crippen molar-refractivity contribution in [2.24, 2.45) is 0 Å². The van der Waals surface area contributed by atoms with Crippen LogP contribution in [-0.2, 0) is 21.0 Å². The van der Waals surface area contributed by atoms with Crippen molar-refractivity contribution in [2.75, 3.05) is 19.1 Å². The second-order valence-electron chi connectivity index (χ2n) is 3.41. The number of sulfone groups is 1. The molecule has 0 aliphatic rings. The summed E-state index contributed by atoms with van der Waals surface area (Å²) in [4.78, 5) is 15.1. The Bertz CT molecular complexity index is 464. The summed E-state index contributed by atoms with van der Waals surface area (Å²) in [5, 5.41) is 0. The molecule has 0 aliphatic heterocycles. The number of hydrogen-bond acceptors (Lipinski definition) is 5. The number of rotatable bonds is 4. The average Bonchev–Trinajstić information content (AvgIpc) is 2.25. The van der Waals surface area contributed by atoms with Crippen LogP contribution in [-0.4, -0.2) is 38.5 Å². The fraction of sp³-hybridized carbons (Fsp3) is 0.400. The molecule has 0 radical (unpaired) electrons. The molecule has 0 amide bonds. The Morgan fingerprint density at radius 2 is 2.12 bits per heavy atom. The van der Waals surface area contributed by atoms with Crippen LogP contribution < -0.4 is 0 Å². The van der Waals surface area contributed by atoms with Crippen molar-refractivity contribution < 1.29 is 17.9 Å². The Kier molecular flexibility index (Phi) is 4.00. The summed E-state index contributed by atoms with van der Waals surface area (Å²) >= 11 is 0. The number of hydrogen-bond donors (Lipinski definition) is 0. The summed E-state index contributed by atoms with van der Waals surface area (Å²) in [5.41, 5.74) is 0.990. The molecular weight excluding hydrogens is 230 g/mol. The molecule has 1 rings (SSSR count). The Morgan fingerprint density at radius 1 is 1.44 bits per heavy atom. The van der Waals surface area contributed by atoms with Crippen molar-refractivity contribution in [3.05, 3.63) is 29.6 Å². The van der Waals surface area contributed by atoms with Crippen LogP contribution in [0.2, 0.25) is 0 Å². The minimum Gasteiger partial charge on any atom is -0.465 e. The lowest BCUT2D eigenvalue weighted by atomic mass is 10.2. The molecule has 16 heavy (non-hydrogen) atoms. The molecule has 0 aromatic carbocycles. The Morgan fingerprint density at radius 3 is 2.56 bits per heavy atom. The molecule has 5 nitrogen and oxygen atoms in total. The third-order valence-electron chi connectivity index (χ3n) is 1.97. The topological polar surface area (TPSA) is 73.3 Å². The molecule has 0 unspecified atom stereocenters. The van der Waals surface area contributed by atoms with Crippen LogP contribution >= 0.6 is 0 Å². The molecule has 6 heteroatoms. The Hall–Kier alpha value is -1.43. The first-order chi connectivity index (χ1) is 7.42. The van der Waals surface area contributed by atoms with Crippen molar-refractivity contribution in [3.63, 3.8) is 0 Å². The van der Waals surface area contributed by atoms with Gasteiger partial charge in [-0.3, -0.25) is 4.98 Å². The molecule has 0 aliphatic carbocycles. The number of nitrogens with zero attached hydrogens (tertiary/aromatic N) is 1. The van der Waals surface area contributed by atoms with E-state index in [0.29, 0.717) is 17.7 Å². The Balaban J connectivity index is 2.69. The zero-order valence-electron chi connectivity index (χ0n) is 9.13. The maximum Gasteiger partial charge on any atom is 0.339 e. The summed E-state index contributed by atoms with van der Waals surface area (Å²) in [5.74, 6) is -0.403. The molecular formula is C10H13NO4S. The molecule has 88 valence electrons. The minimum atomic E-state index is -2.99. The highest BCUT2D eigenvalue weighted by molar-refractivity contribution is 7.90. The molecule has 0 spiro atoms. The van der Waals surface area contributed by atoms with Gasteiger partial charge in [-0.2, -0.15) is 0 Å². The molecule has 0 atom stereocenters. The van der Waals surface area contributed by atoms with Gasteiger partial charge in [-0.25, -0.2) is 13.2 Å². The summed E-state index contributed by atoms with van der Waals surface area (Å²) in [7, 11) is -1.69. The van der Waals surface area contributed by atoms with Crippen molar-refractivity contribution in [2.45, 2.75) is 6.42 Å². The number of pyridine rings is 1. The number of aryl methyl sites for hydroxylation is 1. The number of ether oxygens (including phenoxy) is 1. The van der Waals surface area contributed by atoms with Gasteiger partial charge in [0.25, 0.3) is 0 Å². The van der Waals surface area contributed by atoms with Gasteiger partial charge in [-0.1, -0.05) is 0 Å². The number of aromatic nitrogens is 1. The van der Waals surface area contributed by atoms with Crippen LogP contribution in [0, 0.1) is 0 Å². The van der Waals surface area contributed by atoms with Crippen LogP contribution in [0.15, 0.2) is 18.3 Å². The van der Waals surface area contributed by atoms with Crippen molar-refractivity contribution >= 4 is 15.8 Å². The van der Waals surface area contributed by atoms with E-state index in [1.54, 1.807) is 12.1 Å². The highest BCUT2D eigenvalue weighted by Gasteiger charge is 2.07. The largest absolute Gasteiger partial charge is 0.465 e. The van der Waals surface area contributed by atoms with Gasteiger partial charge in [-0.15, -0.1) is 0 Å². The predicted molar refractivity (Wildman–Crippen MR) is 59.0 cm³/mol.